The molecule has 1 aliphatic heterocycles. The van der Waals surface area contributed by atoms with Gasteiger partial charge in [0.1, 0.15) is 0 Å². The predicted octanol–water partition coefficient (Wildman–Crippen LogP) is 3.89. The number of halogens is 1. The highest BCUT2D eigenvalue weighted by molar-refractivity contribution is 14.1. The first-order chi connectivity index (χ1) is 9.43. The maximum absolute atomic E-state index is 3.76. The molecule has 1 heterocycles. The van der Waals surface area contributed by atoms with Crippen LogP contribution in [0.4, 0.5) is 0 Å². The molecule has 0 saturated carbocycles. The lowest BCUT2D eigenvalue weighted by atomic mass is 9.89. The molecule has 1 aromatic rings. The molecule has 2 rings (SSSR count). The van der Waals surface area contributed by atoms with E-state index in [9.17, 15) is 0 Å². The third kappa shape index (κ3) is 3.95. The van der Waals surface area contributed by atoms with Crippen LogP contribution in [-0.4, -0.2) is 29.6 Å². The Morgan fingerprint density at radius 2 is 2.00 bits per heavy atom. The summed E-state index contributed by atoms with van der Waals surface area (Å²) in [5, 5.41) is 3.76. The molecule has 0 spiro atoms. The van der Waals surface area contributed by atoms with E-state index in [0.29, 0.717) is 12.0 Å². The Morgan fingerprint density at radius 1 is 1.35 bits per heavy atom. The van der Waals surface area contributed by atoms with Gasteiger partial charge in [0.05, 0.1) is 0 Å². The molecule has 1 aliphatic rings. The fraction of sp³-hybridized carbons (Fsp3) is 0.647. The summed E-state index contributed by atoms with van der Waals surface area (Å²) < 4.78 is 1.31. The number of hydrogen-bond acceptors (Lipinski definition) is 2. The van der Waals surface area contributed by atoms with Gasteiger partial charge < -0.3 is 5.32 Å². The van der Waals surface area contributed by atoms with Crippen molar-refractivity contribution in [2.75, 3.05) is 13.1 Å². The average molecular weight is 386 g/mol. The third-order valence-electron chi connectivity index (χ3n) is 4.61. The number of nitrogens with zero attached hydrogens (tertiary/aromatic N) is 1. The first-order valence-corrected chi connectivity index (χ1v) is 8.75. The van der Waals surface area contributed by atoms with Crippen LogP contribution in [0, 0.1) is 9.49 Å². The Hall–Kier alpha value is -0.130. The van der Waals surface area contributed by atoms with E-state index in [1.54, 1.807) is 0 Å². The summed E-state index contributed by atoms with van der Waals surface area (Å²) in [6.45, 7) is 12.6. The van der Waals surface area contributed by atoms with E-state index < -0.39 is 0 Å². The van der Waals surface area contributed by atoms with E-state index in [1.165, 1.54) is 15.6 Å². The lowest BCUT2D eigenvalue weighted by molar-refractivity contribution is 0.0539. The fourth-order valence-corrected chi connectivity index (χ4v) is 3.35. The zero-order chi connectivity index (χ0) is 14.8. The summed E-state index contributed by atoms with van der Waals surface area (Å²) in [6.07, 6.45) is 1.18. The molecule has 2 nitrogen and oxygen atoms in total. The maximum Gasteiger partial charge on any atom is 0.0278 e. The minimum atomic E-state index is 0.259. The highest BCUT2D eigenvalue weighted by Gasteiger charge is 2.35. The summed E-state index contributed by atoms with van der Waals surface area (Å²) in [6, 6.07) is 9.59. The van der Waals surface area contributed by atoms with Gasteiger partial charge in [-0.3, -0.25) is 4.90 Å². The lowest BCUT2D eigenvalue weighted by Crippen LogP contribution is -2.63. The zero-order valence-electron chi connectivity index (χ0n) is 13.1. The van der Waals surface area contributed by atoms with Gasteiger partial charge in [0.25, 0.3) is 0 Å². The number of benzene rings is 1. The summed E-state index contributed by atoms with van der Waals surface area (Å²) in [7, 11) is 0. The van der Waals surface area contributed by atoms with Gasteiger partial charge in [-0.05, 0) is 59.5 Å². The molecule has 1 N–H and O–H groups in total. The Morgan fingerprint density at radius 3 is 2.55 bits per heavy atom. The van der Waals surface area contributed by atoms with Crippen LogP contribution in [0.1, 0.15) is 39.7 Å². The van der Waals surface area contributed by atoms with Crippen molar-refractivity contribution in [1.29, 1.82) is 0 Å². The van der Waals surface area contributed by atoms with Gasteiger partial charge in [-0.25, -0.2) is 0 Å². The quantitative estimate of drug-likeness (QED) is 0.790. The van der Waals surface area contributed by atoms with Gasteiger partial charge in [-0.1, -0.05) is 32.9 Å². The zero-order valence-corrected chi connectivity index (χ0v) is 15.3. The molecule has 2 unspecified atom stereocenters. The summed E-state index contributed by atoms with van der Waals surface area (Å²) in [5.41, 5.74) is 1.69. The second-order valence-corrected chi connectivity index (χ2v) is 7.88. The smallest absolute Gasteiger partial charge is 0.0278 e. The van der Waals surface area contributed by atoms with E-state index in [1.807, 2.05) is 0 Å². The second kappa shape index (κ2) is 6.75. The summed E-state index contributed by atoms with van der Waals surface area (Å²) in [4.78, 5) is 2.67. The summed E-state index contributed by atoms with van der Waals surface area (Å²) >= 11 is 2.37. The molecule has 0 radical (unpaired) electrons. The van der Waals surface area contributed by atoms with Gasteiger partial charge in [-0.15, -0.1) is 0 Å². The van der Waals surface area contributed by atoms with Crippen molar-refractivity contribution in [1.82, 2.24) is 10.2 Å². The molecule has 1 aromatic carbocycles. The molecule has 20 heavy (non-hydrogen) atoms. The van der Waals surface area contributed by atoms with Crippen LogP contribution in [0.5, 0.6) is 0 Å². The third-order valence-corrected chi connectivity index (χ3v) is 5.33. The van der Waals surface area contributed by atoms with Crippen LogP contribution in [0.25, 0.3) is 0 Å². The van der Waals surface area contributed by atoms with Gasteiger partial charge in [0.2, 0.25) is 0 Å². The average Bonchev–Trinajstić information content (AvgIpc) is 2.41. The molecule has 0 amide bonds. The highest BCUT2D eigenvalue weighted by Crippen LogP contribution is 2.24. The standard InChI is InChI=1S/C17H27IN2/c1-5-17(4)12-20(16(10-19-17)13(2)3)11-14-6-8-15(18)9-7-14/h6-9,13,16,19H,5,10-12H2,1-4H3. The minimum absolute atomic E-state index is 0.259. The van der Waals surface area contributed by atoms with Crippen molar-refractivity contribution in [2.45, 2.75) is 52.2 Å². The van der Waals surface area contributed by atoms with Crippen LogP contribution in [0.2, 0.25) is 0 Å². The second-order valence-electron chi connectivity index (χ2n) is 6.64. The molecule has 3 heteroatoms. The first kappa shape index (κ1) is 16.2. The van der Waals surface area contributed by atoms with Gasteiger partial charge in [0, 0.05) is 34.8 Å². The van der Waals surface area contributed by atoms with Crippen LogP contribution in [0.3, 0.4) is 0 Å². The van der Waals surface area contributed by atoms with Crippen molar-refractivity contribution in [3.8, 4) is 0 Å². The first-order valence-electron chi connectivity index (χ1n) is 7.67. The van der Waals surface area contributed by atoms with E-state index in [-0.39, 0.29) is 5.54 Å². The van der Waals surface area contributed by atoms with Crippen LogP contribution < -0.4 is 5.32 Å². The SMILES string of the molecule is CCC1(C)CN(Cc2ccc(I)cc2)C(C(C)C)CN1. The van der Waals surface area contributed by atoms with Gasteiger partial charge in [-0.2, -0.15) is 0 Å². The van der Waals surface area contributed by atoms with Crippen LogP contribution in [-0.2, 0) is 6.54 Å². The topological polar surface area (TPSA) is 15.3 Å². The number of hydrogen-bond donors (Lipinski definition) is 1. The number of rotatable bonds is 4. The molecule has 0 bridgehead atoms. The number of piperazine rings is 1. The van der Waals surface area contributed by atoms with Gasteiger partial charge in [0.15, 0.2) is 0 Å². The Labute approximate surface area is 137 Å². The molecular weight excluding hydrogens is 359 g/mol. The Kier molecular flexibility index (Phi) is 5.49. The molecule has 112 valence electrons. The molecular formula is C17H27IN2. The molecule has 0 aromatic heterocycles. The minimum Gasteiger partial charge on any atom is -0.309 e. The van der Waals surface area contributed by atoms with Crippen molar-refractivity contribution in [2.24, 2.45) is 5.92 Å². The van der Waals surface area contributed by atoms with Crippen LogP contribution in [0.15, 0.2) is 24.3 Å². The maximum atomic E-state index is 3.76. The van der Waals surface area contributed by atoms with Crippen molar-refractivity contribution in [3.05, 3.63) is 33.4 Å². The molecule has 0 aliphatic carbocycles. The number of nitrogens with one attached hydrogen (secondary N) is 1. The monoisotopic (exact) mass is 386 g/mol. The van der Waals surface area contributed by atoms with E-state index in [0.717, 1.165) is 19.6 Å². The highest BCUT2D eigenvalue weighted by atomic mass is 127. The van der Waals surface area contributed by atoms with E-state index >= 15 is 0 Å². The lowest BCUT2D eigenvalue weighted by Gasteiger charge is -2.47. The Bertz CT molecular complexity index is 429. The molecule has 1 saturated heterocycles. The fourth-order valence-electron chi connectivity index (χ4n) is 2.99. The molecule has 2 atom stereocenters. The summed E-state index contributed by atoms with van der Waals surface area (Å²) in [5.74, 6) is 0.688. The van der Waals surface area contributed by atoms with E-state index in [2.05, 4.69) is 84.8 Å². The molecule has 1 fully saturated rings. The van der Waals surface area contributed by atoms with Crippen molar-refractivity contribution >= 4 is 22.6 Å². The predicted molar refractivity (Wildman–Crippen MR) is 94.9 cm³/mol. The largest absolute Gasteiger partial charge is 0.309 e. The Balaban J connectivity index is 2.13. The van der Waals surface area contributed by atoms with Crippen molar-refractivity contribution in [3.63, 3.8) is 0 Å². The van der Waals surface area contributed by atoms with Crippen molar-refractivity contribution < 1.29 is 0 Å². The van der Waals surface area contributed by atoms with E-state index in [4.69, 9.17) is 0 Å². The van der Waals surface area contributed by atoms with Gasteiger partial charge >= 0.3 is 0 Å². The van der Waals surface area contributed by atoms with Crippen LogP contribution >= 0.6 is 22.6 Å². The normalized spacial score (nSPS) is 28.0.